The van der Waals surface area contributed by atoms with E-state index >= 15 is 0 Å². The molecule has 1 atom stereocenters. The molecule has 0 saturated heterocycles. The van der Waals surface area contributed by atoms with E-state index in [-0.39, 0.29) is 0 Å². The van der Waals surface area contributed by atoms with Gasteiger partial charge >= 0.3 is 0 Å². The zero-order chi connectivity index (χ0) is 15.1. The summed E-state index contributed by atoms with van der Waals surface area (Å²) >= 11 is 5.40. The smallest absolute Gasteiger partial charge is 0.171 e. The monoisotopic (exact) mass is 298 g/mol. The summed E-state index contributed by atoms with van der Waals surface area (Å²) in [6.07, 6.45) is 1.11. The van der Waals surface area contributed by atoms with Crippen LogP contribution in [0.3, 0.4) is 0 Å². The number of rotatable bonds is 5. The van der Waals surface area contributed by atoms with E-state index in [1.54, 1.807) is 0 Å². The first-order valence-electron chi connectivity index (χ1n) is 7.38. The van der Waals surface area contributed by atoms with Crippen LogP contribution >= 0.6 is 12.2 Å². The predicted molar refractivity (Wildman–Crippen MR) is 94.7 cm³/mol. The molecule has 2 N–H and O–H groups in total. The molecule has 0 aromatic heterocycles. The summed E-state index contributed by atoms with van der Waals surface area (Å²) in [5.41, 5.74) is 3.62. The van der Waals surface area contributed by atoms with E-state index in [1.807, 2.05) is 24.3 Å². The van der Waals surface area contributed by atoms with Crippen molar-refractivity contribution in [2.24, 2.45) is 0 Å². The Labute approximate surface area is 132 Å². The molecule has 0 radical (unpaired) electrons. The van der Waals surface area contributed by atoms with Crippen LogP contribution in [0.25, 0.3) is 0 Å². The normalized spacial score (nSPS) is 11.7. The lowest BCUT2D eigenvalue weighted by molar-refractivity contribution is 0.735. The highest BCUT2D eigenvalue weighted by Gasteiger charge is 2.09. The SMILES string of the molecule is CCC(C)c1ccccc1NC(=S)NCc1ccccc1. The summed E-state index contributed by atoms with van der Waals surface area (Å²) in [5, 5.41) is 7.23. The highest BCUT2D eigenvalue weighted by atomic mass is 32.1. The van der Waals surface area contributed by atoms with Crippen LogP contribution in [-0.2, 0) is 6.54 Å². The summed E-state index contributed by atoms with van der Waals surface area (Å²) in [6.45, 7) is 5.17. The van der Waals surface area contributed by atoms with Gasteiger partial charge in [-0.25, -0.2) is 0 Å². The van der Waals surface area contributed by atoms with E-state index in [1.165, 1.54) is 11.1 Å². The van der Waals surface area contributed by atoms with Crippen molar-refractivity contribution in [1.29, 1.82) is 0 Å². The lowest BCUT2D eigenvalue weighted by atomic mass is 9.97. The molecule has 2 aromatic rings. The molecule has 0 fully saturated rings. The van der Waals surface area contributed by atoms with Gasteiger partial charge in [-0.1, -0.05) is 62.4 Å². The van der Waals surface area contributed by atoms with Crippen molar-refractivity contribution in [1.82, 2.24) is 5.32 Å². The minimum absolute atomic E-state index is 0.519. The van der Waals surface area contributed by atoms with Gasteiger partial charge in [0.2, 0.25) is 0 Å². The maximum absolute atomic E-state index is 5.40. The molecule has 0 aliphatic carbocycles. The summed E-state index contributed by atoms with van der Waals surface area (Å²) in [4.78, 5) is 0. The van der Waals surface area contributed by atoms with Crippen LogP contribution in [0.2, 0.25) is 0 Å². The van der Waals surface area contributed by atoms with Crippen LogP contribution in [-0.4, -0.2) is 5.11 Å². The second-order valence-electron chi connectivity index (χ2n) is 5.19. The summed E-state index contributed by atoms with van der Waals surface area (Å²) in [5.74, 6) is 0.519. The first-order chi connectivity index (χ1) is 10.2. The number of thiocarbonyl (C=S) groups is 1. The molecule has 0 saturated carbocycles. The average Bonchev–Trinajstić information content (AvgIpc) is 2.54. The highest BCUT2D eigenvalue weighted by Crippen LogP contribution is 2.26. The molecule has 0 amide bonds. The van der Waals surface area contributed by atoms with Crippen LogP contribution in [0.4, 0.5) is 5.69 Å². The Morgan fingerprint density at radius 1 is 1.05 bits per heavy atom. The molecule has 0 bridgehead atoms. The largest absolute Gasteiger partial charge is 0.358 e. The summed E-state index contributed by atoms with van der Waals surface area (Å²) in [6, 6.07) is 18.6. The third-order valence-corrected chi connectivity index (χ3v) is 3.89. The van der Waals surface area contributed by atoms with Gasteiger partial charge in [-0.2, -0.15) is 0 Å². The minimum atomic E-state index is 0.519. The Morgan fingerprint density at radius 2 is 1.71 bits per heavy atom. The fourth-order valence-electron chi connectivity index (χ4n) is 2.21. The Hall–Kier alpha value is -1.87. The number of hydrogen-bond acceptors (Lipinski definition) is 1. The van der Waals surface area contributed by atoms with Crippen LogP contribution < -0.4 is 10.6 Å². The van der Waals surface area contributed by atoms with Crippen molar-refractivity contribution in [3.8, 4) is 0 Å². The molecule has 0 aliphatic heterocycles. The molecule has 1 unspecified atom stereocenters. The van der Waals surface area contributed by atoms with Gasteiger partial charge in [-0.3, -0.25) is 0 Å². The van der Waals surface area contributed by atoms with Crippen LogP contribution in [0.1, 0.15) is 37.3 Å². The number of nitrogens with one attached hydrogen (secondary N) is 2. The molecule has 0 spiro atoms. The third-order valence-electron chi connectivity index (χ3n) is 3.65. The fraction of sp³-hybridized carbons (Fsp3) is 0.278. The molecule has 2 aromatic carbocycles. The van der Waals surface area contributed by atoms with Gasteiger partial charge in [0.15, 0.2) is 5.11 Å². The zero-order valence-corrected chi connectivity index (χ0v) is 13.4. The van der Waals surface area contributed by atoms with Crippen LogP contribution in [0, 0.1) is 0 Å². The van der Waals surface area contributed by atoms with E-state index < -0.39 is 0 Å². The van der Waals surface area contributed by atoms with Gasteiger partial charge in [0, 0.05) is 12.2 Å². The number of para-hydroxylation sites is 1. The second-order valence-corrected chi connectivity index (χ2v) is 5.60. The van der Waals surface area contributed by atoms with E-state index in [0.717, 1.165) is 18.7 Å². The summed E-state index contributed by atoms with van der Waals surface area (Å²) < 4.78 is 0. The molecule has 21 heavy (non-hydrogen) atoms. The standard InChI is InChI=1S/C18H22N2S/c1-3-14(2)16-11-7-8-12-17(16)20-18(21)19-13-15-9-5-4-6-10-15/h4-12,14H,3,13H2,1-2H3,(H2,19,20,21). The Kier molecular flexibility index (Phi) is 5.76. The zero-order valence-electron chi connectivity index (χ0n) is 12.6. The molecule has 0 heterocycles. The minimum Gasteiger partial charge on any atom is -0.358 e. The molecule has 0 aliphatic rings. The van der Waals surface area contributed by atoms with Gasteiger partial charge in [0.1, 0.15) is 0 Å². The van der Waals surface area contributed by atoms with Crippen molar-refractivity contribution in [2.45, 2.75) is 32.7 Å². The topological polar surface area (TPSA) is 24.1 Å². The Morgan fingerprint density at radius 3 is 2.43 bits per heavy atom. The van der Waals surface area contributed by atoms with Gasteiger partial charge in [-0.05, 0) is 41.7 Å². The molecule has 2 nitrogen and oxygen atoms in total. The predicted octanol–water partition coefficient (Wildman–Crippen LogP) is 4.69. The number of hydrogen-bond donors (Lipinski definition) is 2. The average molecular weight is 298 g/mol. The molecule has 110 valence electrons. The van der Waals surface area contributed by atoms with Crippen molar-refractivity contribution >= 4 is 23.0 Å². The quantitative estimate of drug-likeness (QED) is 0.783. The van der Waals surface area contributed by atoms with Crippen LogP contribution in [0.5, 0.6) is 0 Å². The molecule has 3 heteroatoms. The van der Waals surface area contributed by atoms with E-state index in [0.29, 0.717) is 11.0 Å². The van der Waals surface area contributed by atoms with E-state index in [4.69, 9.17) is 12.2 Å². The van der Waals surface area contributed by atoms with Crippen molar-refractivity contribution in [3.63, 3.8) is 0 Å². The lowest BCUT2D eigenvalue weighted by Crippen LogP contribution is -2.28. The van der Waals surface area contributed by atoms with E-state index in [2.05, 4.69) is 54.8 Å². The first kappa shape index (κ1) is 15.5. The molecule has 2 rings (SSSR count). The van der Waals surface area contributed by atoms with Gasteiger partial charge in [-0.15, -0.1) is 0 Å². The van der Waals surface area contributed by atoms with Crippen molar-refractivity contribution in [2.75, 3.05) is 5.32 Å². The van der Waals surface area contributed by atoms with Gasteiger partial charge in [0.05, 0.1) is 0 Å². The van der Waals surface area contributed by atoms with Gasteiger partial charge in [0.25, 0.3) is 0 Å². The second kappa shape index (κ2) is 7.79. The van der Waals surface area contributed by atoms with Gasteiger partial charge < -0.3 is 10.6 Å². The Balaban J connectivity index is 1.97. The highest BCUT2D eigenvalue weighted by molar-refractivity contribution is 7.80. The maximum atomic E-state index is 5.40. The molecular weight excluding hydrogens is 276 g/mol. The maximum Gasteiger partial charge on any atom is 0.171 e. The number of anilines is 1. The Bertz CT molecular complexity index is 581. The van der Waals surface area contributed by atoms with Crippen molar-refractivity contribution < 1.29 is 0 Å². The first-order valence-corrected chi connectivity index (χ1v) is 7.79. The third kappa shape index (κ3) is 4.57. The summed E-state index contributed by atoms with van der Waals surface area (Å²) in [7, 11) is 0. The lowest BCUT2D eigenvalue weighted by Gasteiger charge is -2.17. The van der Waals surface area contributed by atoms with Crippen molar-refractivity contribution in [3.05, 3.63) is 65.7 Å². The van der Waals surface area contributed by atoms with E-state index in [9.17, 15) is 0 Å². The number of benzene rings is 2. The fourth-order valence-corrected chi connectivity index (χ4v) is 2.39. The molecular formula is C18H22N2S. The van der Waals surface area contributed by atoms with Crippen LogP contribution in [0.15, 0.2) is 54.6 Å².